The fourth-order valence-corrected chi connectivity index (χ4v) is 2.72. The van der Waals surface area contributed by atoms with Crippen LogP contribution in [0.25, 0.3) is 0 Å². The van der Waals surface area contributed by atoms with Gasteiger partial charge >= 0.3 is 5.97 Å². The molecule has 0 aliphatic carbocycles. The molecule has 0 saturated carbocycles. The van der Waals surface area contributed by atoms with Crippen molar-refractivity contribution in [1.82, 2.24) is 19.7 Å². The average Bonchev–Trinajstić information content (AvgIpc) is 2.98. The van der Waals surface area contributed by atoms with Crippen LogP contribution in [0.2, 0.25) is 0 Å². The van der Waals surface area contributed by atoms with Crippen LogP contribution >= 0.6 is 0 Å². The van der Waals surface area contributed by atoms with Crippen LogP contribution in [0, 0.1) is 0 Å². The fraction of sp³-hybridized carbons (Fsp3) is 0.750. The maximum absolute atomic E-state index is 11.6. The Morgan fingerprint density at radius 1 is 1.63 bits per heavy atom. The SMILES string of the molecule is CCn1ncnc1CN1CCCC1(COC)C(=O)O. The average molecular weight is 268 g/mol. The lowest BCUT2D eigenvalue weighted by Crippen LogP contribution is -2.53. The Morgan fingerprint density at radius 3 is 3.05 bits per heavy atom. The maximum atomic E-state index is 11.6. The number of aryl methyl sites for hydroxylation is 1. The molecule has 1 aromatic heterocycles. The van der Waals surface area contributed by atoms with Gasteiger partial charge < -0.3 is 9.84 Å². The van der Waals surface area contributed by atoms with Gasteiger partial charge in [-0.3, -0.25) is 9.69 Å². The van der Waals surface area contributed by atoms with Crippen molar-refractivity contribution in [1.29, 1.82) is 0 Å². The van der Waals surface area contributed by atoms with Gasteiger partial charge in [-0.05, 0) is 26.3 Å². The Kier molecular flexibility index (Phi) is 4.16. The number of carboxylic acids is 1. The first-order valence-electron chi connectivity index (χ1n) is 6.48. The van der Waals surface area contributed by atoms with Gasteiger partial charge in [0.1, 0.15) is 17.7 Å². The largest absolute Gasteiger partial charge is 0.480 e. The zero-order chi connectivity index (χ0) is 13.9. The predicted octanol–water partition coefficient (Wildman–Crippen LogP) is 0.364. The summed E-state index contributed by atoms with van der Waals surface area (Å²) >= 11 is 0. The number of methoxy groups -OCH3 is 1. The molecule has 1 aliphatic rings. The molecule has 1 aliphatic heterocycles. The molecule has 0 bridgehead atoms. The number of aromatic nitrogens is 3. The number of hydrogen-bond acceptors (Lipinski definition) is 5. The second kappa shape index (κ2) is 5.66. The molecule has 1 atom stereocenters. The summed E-state index contributed by atoms with van der Waals surface area (Å²) in [5.41, 5.74) is -0.931. The number of likely N-dealkylation sites (tertiary alicyclic amines) is 1. The predicted molar refractivity (Wildman–Crippen MR) is 67.6 cm³/mol. The highest BCUT2D eigenvalue weighted by atomic mass is 16.5. The highest BCUT2D eigenvalue weighted by molar-refractivity contribution is 5.79. The van der Waals surface area contributed by atoms with E-state index in [0.29, 0.717) is 13.0 Å². The third-order valence-electron chi connectivity index (χ3n) is 3.73. The van der Waals surface area contributed by atoms with E-state index in [1.807, 2.05) is 11.8 Å². The fourth-order valence-electron chi connectivity index (χ4n) is 2.72. The Labute approximate surface area is 112 Å². The van der Waals surface area contributed by atoms with Crippen LogP contribution in [0.15, 0.2) is 6.33 Å². The van der Waals surface area contributed by atoms with Gasteiger partial charge in [-0.2, -0.15) is 5.10 Å². The molecule has 0 radical (unpaired) electrons. The van der Waals surface area contributed by atoms with Gasteiger partial charge in [0.15, 0.2) is 0 Å². The molecular weight excluding hydrogens is 248 g/mol. The van der Waals surface area contributed by atoms with E-state index in [-0.39, 0.29) is 6.61 Å². The van der Waals surface area contributed by atoms with Crippen LogP contribution in [0.3, 0.4) is 0 Å². The summed E-state index contributed by atoms with van der Waals surface area (Å²) < 4.78 is 6.92. The van der Waals surface area contributed by atoms with E-state index in [9.17, 15) is 9.90 Å². The highest BCUT2D eigenvalue weighted by Gasteiger charge is 2.48. The molecule has 2 heterocycles. The zero-order valence-electron chi connectivity index (χ0n) is 11.4. The zero-order valence-corrected chi connectivity index (χ0v) is 11.4. The van der Waals surface area contributed by atoms with Crippen molar-refractivity contribution >= 4 is 5.97 Å². The quantitative estimate of drug-likeness (QED) is 0.802. The molecule has 1 fully saturated rings. The minimum Gasteiger partial charge on any atom is -0.480 e. The molecule has 1 aromatic rings. The van der Waals surface area contributed by atoms with E-state index < -0.39 is 11.5 Å². The number of rotatable bonds is 6. The Hall–Kier alpha value is -1.47. The molecule has 19 heavy (non-hydrogen) atoms. The lowest BCUT2D eigenvalue weighted by molar-refractivity contribution is -0.153. The topological polar surface area (TPSA) is 80.5 Å². The Balaban J connectivity index is 2.20. The van der Waals surface area contributed by atoms with Crippen molar-refractivity contribution in [3.63, 3.8) is 0 Å². The number of carboxylic acid groups (broad SMARTS) is 1. The van der Waals surface area contributed by atoms with Gasteiger partial charge in [0, 0.05) is 13.7 Å². The molecule has 1 N–H and O–H groups in total. The summed E-state index contributed by atoms with van der Waals surface area (Å²) in [6.07, 6.45) is 2.97. The van der Waals surface area contributed by atoms with Crippen LogP contribution in [0.4, 0.5) is 0 Å². The van der Waals surface area contributed by atoms with Crippen LogP contribution in [-0.2, 0) is 22.6 Å². The van der Waals surface area contributed by atoms with Crippen LogP contribution in [0.1, 0.15) is 25.6 Å². The van der Waals surface area contributed by atoms with Crippen LogP contribution < -0.4 is 0 Å². The summed E-state index contributed by atoms with van der Waals surface area (Å²) in [6, 6.07) is 0. The van der Waals surface area contributed by atoms with Crippen LogP contribution in [0.5, 0.6) is 0 Å². The van der Waals surface area contributed by atoms with E-state index in [1.54, 1.807) is 4.68 Å². The third-order valence-corrected chi connectivity index (χ3v) is 3.73. The van der Waals surface area contributed by atoms with Crippen LogP contribution in [-0.4, -0.2) is 56.5 Å². The first-order valence-corrected chi connectivity index (χ1v) is 6.48. The van der Waals surface area contributed by atoms with Crippen molar-refractivity contribution < 1.29 is 14.6 Å². The second-order valence-electron chi connectivity index (χ2n) is 4.79. The van der Waals surface area contributed by atoms with Gasteiger partial charge in [-0.1, -0.05) is 0 Å². The summed E-state index contributed by atoms with van der Waals surface area (Å²) in [4.78, 5) is 17.8. The van der Waals surface area contributed by atoms with Crippen molar-refractivity contribution in [2.75, 3.05) is 20.3 Å². The summed E-state index contributed by atoms with van der Waals surface area (Å²) in [5.74, 6) is -0.0273. The first-order chi connectivity index (χ1) is 9.14. The van der Waals surface area contributed by atoms with E-state index in [4.69, 9.17) is 4.74 Å². The minimum absolute atomic E-state index is 0.197. The number of carbonyl (C=O) groups is 1. The number of nitrogens with zero attached hydrogens (tertiary/aromatic N) is 4. The van der Waals surface area contributed by atoms with Gasteiger partial charge in [0.25, 0.3) is 0 Å². The van der Waals surface area contributed by atoms with Crippen molar-refractivity contribution in [2.45, 2.75) is 38.4 Å². The molecular formula is C12H20N4O3. The lowest BCUT2D eigenvalue weighted by Gasteiger charge is -2.33. The lowest BCUT2D eigenvalue weighted by atomic mass is 9.97. The standard InChI is InChI=1S/C12H20N4O3/c1-3-16-10(13-9-14-16)7-15-6-4-5-12(15,8-19-2)11(17)18/h9H,3-8H2,1-2H3,(H,17,18). The number of hydrogen-bond donors (Lipinski definition) is 1. The molecule has 7 heteroatoms. The van der Waals surface area contributed by atoms with E-state index in [2.05, 4.69) is 10.1 Å². The molecule has 1 saturated heterocycles. The van der Waals surface area contributed by atoms with E-state index in [1.165, 1.54) is 13.4 Å². The monoisotopic (exact) mass is 268 g/mol. The number of ether oxygens (including phenoxy) is 1. The molecule has 0 spiro atoms. The Bertz CT molecular complexity index is 448. The molecule has 7 nitrogen and oxygen atoms in total. The highest BCUT2D eigenvalue weighted by Crippen LogP contribution is 2.31. The summed E-state index contributed by atoms with van der Waals surface area (Å²) in [5, 5.41) is 13.7. The smallest absolute Gasteiger partial charge is 0.326 e. The van der Waals surface area contributed by atoms with Crippen molar-refractivity contribution in [3.05, 3.63) is 12.2 Å². The molecule has 0 amide bonds. The Morgan fingerprint density at radius 2 is 2.42 bits per heavy atom. The van der Waals surface area contributed by atoms with E-state index in [0.717, 1.165) is 25.3 Å². The first kappa shape index (κ1) is 14.0. The number of aliphatic carboxylic acids is 1. The normalized spacial score (nSPS) is 23.9. The minimum atomic E-state index is -0.931. The molecule has 0 aromatic carbocycles. The van der Waals surface area contributed by atoms with E-state index >= 15 is 0 Å². The van der Waals surface area contributed by atoms with Crippen molar-refractivity contribution in [2.24, 2.45) is 0 Å². The van der Waals surface area contributed by atoms with Gasteiger partial charge in [-0.15, -0.1) is 0 Å². The summed E-state index contributed by atoms with van der Waals surface area (Å²) in [6.45, 7) is 4.15. The molecule has 106 valence electrons. The molecule has 2 rings (SSSR count). The van der Waals surface area contributed by atoms with Gasteiger partial charge in [0.2, 0.25) is 0 Å². The van der Waals surface area contributed by atoms with Gasteiger partial charge in [0.05, 0.1) is 13.2 Å². The molecule has 1 unspecified atom stereocenters. The summed E-state index contributed by atoms with van der Waals surface area (Å²) in [7, 11) is 1.54. The van der Waals surface area contributed by atoms with Crippen molar-refractivity contribution in [3.8, 4) is 0 Å². The second-order valence-corrected chi connectivity index (χ2v) is 4.79. The van der Waals surface area contributed by atoms with Gasteiger partial charge in [-0.25, -0.2) is 9.67 Å². The maximum Gasteiger partial charge on any atom is 0.326 e. The third kappa shape index (κ3) is 2.48.